The molecule has 1 atom stereocenters. The third-order valence-corrected chi connectivity index (χ3v) is 3.17. The second-order valence-electron chi connectivity index (χ2n) is 4.93. The van der Waals surface area contributed by atoms with Crippen molar-refractivity contribution in [3.63, 3.8) is 0 Å². The van der Waals surface area contributed by atoms with Crippen molar-refractivity contribution in [3.8, 4) is 0 Å². The number of H-pyrrole nitrogens is 1. The molecule has 7 nitrogen and oxygen atoms in total. The van der Waals surface area contributed by atoms with Gasteiger partial charge in [0.25, 0.3) is 0 Å². The molecule has 0 radical (unpaired) electrons. The predicted octanol–water partition coefficient (Wildman–Crippen LogP) is 0.710. The third-order valence-electron chi connectivity index (χ3n) is 3.17. The number of amides is 1. The second kappa shape index (κ2) is 4.84. The topological polar surface area (TPSA) is 118 Å². The number of aromatic nitrogens is 2. The van der Waals surface area contributed by atoms with Gasteiger partial charge in [-0.05, 0) is 24.1 Å². The van der Waals surface area contributed by atoms with Crippen LogP contribution >= 0.6 is 0 Å². The summed E-state index contributed by atoms with van der Waals surface area (Å²) in [6.07, 6.45) is 0. The summed E-state index contributed by atoms with van der Waals surface area (Å²) in [7, 11) is 0. The number of carboxylic acids is 1. The van der Waals surface area contributed by atoms with Crippen molar-refractivity contribution in [2.75, 3.05) is 0 Å². The number of carbonyl (C=O) groups excluding carboxylic acids is 1. The number of aromatic carboxylic acids is 1. The van der Waals surface area contributed by atoms with Crippen LogP contribution in [-0.4, -0.2) is 26.5 Å². The molecule has 1 amide bonds. The first-order chi connectivity index (χ1) is 9.32. The number of nitrogens with one attached hydrogen (secondary N) is 1. The molecule has 2 rings (SSSR count). The van der Waals surface area contributed by atoms with Crippen LogP contribution in [-0.2, 0) is 4.79 Å². The molecule has 0 saturated carbocycles. The van der Waals surface area contributed by atoms with Crippen molar-refractivity contribution in [1.82, 2.24) is 9.55 Å². The SMILES string of the molecule is CC(C)C(C(N)=O)n1c(=O)[nH]c2ccc(C(=O)O)cc21. The van der Waals surface area contributed by atoms with Gasteiger partial charge in [0.15, 0.2) is 0 Å². The number of primary amides is 1. The lowest BCUT2D eigenvalue weighted by Gasteiger charge is -2.18. The molecule has 1 aromatic heterocycles. The first kappa shape index (κ1) is 13.9. The van der Waals surface area contributed by atoms with Gasteiger partial charge in [0.1, 0.15) is 6.04 Å². The van der Waals surface area contributed by atoms with Gasteiger partial charge in [-0.25, -0.2) is 9.59 Å². The maximum Gasteiger partial charge on any atom is 0.335 e. The summed E-state index contributed by atoms with van der Waals surface area (Å²) in [5.74, 6) is -1.94. The monoisotopic (exact) mass is 277 g/mol. The summed E-state index contributed by atoms with van der Waals surface area (Å²) in [5.41, 5.74) is 5.73. The number of nitrogens with zero attached hydrogens (tertiary/aromatic N) is 1. The average Bonchev–Trinajstić information content (AvgIpc) is 2.65. The number of hydrogen-bond acceptors (Lipinski definition) is 3. The lowest BCUT2D eigenvalue weighted by molar-refractivity contribution is -0.122. The van der Waals surface area contributed by atoms with E-state index >= 15 is 0 Å². The van der Waals surface area contributed by atoms with Gasteiger partial charge in [0, 0.05) is 0 Å². The fourth-order valence-electron chi connectivity index (χ4n) is 2.28. The standard InChI is InChI=1S/C13H15N3O4/c1-6(2)10(11(14)17)16-9-5-7(12(18)19)3-4-8(9)15-13(16)20/h3-6,10H,1-2H3,(H2,14,17)(H,15,20)(H,18,19). The van der Waals surface area contributed by atoms with Crippen LogP contribution in [0.2, 0.25) is 0 Å². The zero-order chi connectivity index (χ0) is 15.0. The molecule has 106 valence electrons. The van der Waals surface area contributed by atoms with E-state index in [1.807, 2.05) is 0 Å². The van der Waals surface area contributed by atoms with E-state index < -0.39 is 23.6 Å². The Morgan fingerprint density at radius 3 is 2.50 bits per heavy atom. The van der Waals surface area contributed by atoms with Crippen LogP contribution in [0.4, 0.5) is 0 Å². The van der Waals surface area contributed by atoms with Gasteiger partial charge in [-0.3, -0.25) is 9.36 Å². The Bertz CT molecular complexity index is 742. The number of carbonyl (C=O) groups is 2. The number of benzene rings is 1. The molecule has 0 saturated heterocycles. The molecule has 0 spiro atoms. The van der Waals surface area contributed by atoms with Crippen LogP contribution in [0.1, 0.15) is 30.2 Å². The van der Waals surface area contributed by atoms with E-state index in [0.29, 0.717) is 11.0 Å². The van der Waals surface area contributed by atoms with Crippen LogP contribution in [0.5, 0.6) is 0 Å². The Morgan fingerprint density at radius 2 is 2.00 bits per heavy atom. The fourth-order valence-corrected chi connectivity index (χ4v) is 2.28. The van der Waals surface area contributed by atoms with Gasteiger partial charge in [-0.2, -0.15) is 0 Å². The zero-order valence-corrected chi connectivity index (χ0v) is 11.1. The molecule has 0 aliphatic carbocycles. The molecule has 4 N–H and O–H groups in total. The maximum atomic E-state index is 12.0. The number of fused-ring (bicyclic) bond motifs is 1. The smallest absolute Gasteiger partial charge is 0.335 e. The highest BCUT2D eigenvalue weighted by molar-refractivity contribution is 5.93. The van der Waals surface area contributed by atoms with Crippen LogP contribution < -0.4 is 11.4 Å². The minimum atomic E-state index is -1.10. The van der Waals surface area contributed by atoms with E-state index in [1.165, 1.54) is 22.8 Å². The molecule has 0 aliphatic heterocycles. The Kier molecular flexibility index (Phi) is 3.35. The summed E-state index contributed by atoms with van der Waals surface area (Å²) in [4.78, 5) is 37.2. The molecule has 0 aliphatic rings. The Balaban J connectivity index is 2.77. The summed E-state index contributed by atoms with van der Waals surface area (Å²) in [6, 6.07) is 3.41. The summed E-state index contributed by atoms with van der Waals surface area (Å²) >= 11 is 0. The molecule has 0 bridgehead atoms. The van der Waals surface area contributed by atoms with Crippen molar-refractivity contribution in [2.45, 2.75) is 19.9 Å². The minimum Gasteiger partial charge on any atom is -0.478 e. The number of imidazole rings is 1. The lowest BCUT2D eigenvalue weighted by atomic mass is 10.0. The molecular formula is C13H15N3O4. The quantitative estimate of drug-likeness (QED) is 0.762. The highest BCUT2D eigenvalue weighted by Crippen LogP contribution is 2.22. The number of hydrogen-bond donors (Lipinski definition) is 3. The van der Waals surface area contributed by atoms with Crippen LogP contribution in [0.3, 0.4) is 0 Å². The molecule has 20 heavy (non-hydrogen) atoms. The first-order valence-corrected chi connectivity index (χ1v) is 6.09. The molecule has 1 aromatic carbocycles. The summed E-state index contributed by atoms with van der Waals surface area (Å²) in [5, 5.41) is 9.01. The number of nitrogens with two attached hydrogens (primary N) is 1. The van der Waals surface area contributed by atoms with E-state index in [4.69, 9.17) is 10.8 Å². The Morgan fingerprint density at radius 1 is 1.35 bits per heavy atom. The summed E-state index contributed by atoms with van der Waals surface area (Å²) in [6.45, 7) is 3.53. The van der Waals surface area contributed by atoms with E-state index in [-0.39, 0.29) is 11.5 Å². The van der Waals surface area contributed by atoms with Gasteiger partial charge in [-0.15, -0.1) is 0 Å². The maximum absolute atomic E-state index is 12.0. The van der Waals surface area contributed by atoms with Crippen molar-refractivity contribution in [2.24, 2.45) is 11.7 Å². The predicted molar refractivity (Wildman–Crippen MR) is 72.6 cm³/mol. The van der Waals surface area contributed by atoms with E-state index in [0.717, 1.165) is 0 Å². The van der Waals surface area contributed by atoms with Crippen LogP contribution in [0.15, 0.2) is 23.0 Å². The Hall–Kier alpha value is -2.57. The van der Waals surface area contributed by atoms with E-state index in [2.05, 4.69) is 4.98 Å². The largest absolute Gasteiger partial charge is 0.478 e. The van der Waals surface area contributed by atoms with Crippen molar-refractivity contribution in [3.05, 3.63) is 34.2 Å². The first-order valence-electron chi connectivity index (χ1n) is 6.09. The average molecular weight is 277 g/mol. The summed E-state index contributed by atoms with van der Waals surface area (Å²) < 4.78 is 1.22. The van der Waals surface area contributed by atoms with Crippen LogP contribution in [0, 0.1) is 5.92 Å². The number of carboxylic acid groups (broad SMARTS) is 1. The molecule has 1 unspecified atom stereocenters. The van der Waals surface area contributed by atoms with Crippen molar-refractivity contribution in [1.29, 1.82) is 0 Å². The van der Waals surface area contributed by atoms with E-state index in [1.54, 1.807) is 13.8 Å². The van der Waals surface area contributed by atoms with Crippen LogP contribution in [0.25, 0.3) is 11.0 Å². The molecular weight excluding hydrogens is 262 g/mol. The Labute approximate surface area is 114 Å². The van der Waals surface area contributed by atoms with Gasteiger partial charge in [0.2, 0.25) is 5.91 Å². The lowest BCUT2D eigenvalue weighted by Crippen LogP contribution is -2.35. The van der Waals surface area contributed by atoms with Gasteiger partial charge < -0.3 is 15.8 Å². The highest BCUT2D eigenvalue weighted by Gasteiger charge is 2.25. The minimum absolute atomic E-state index is 0.0391. The molecule has 1 heterocycles. The van der Waals surface area contributed by atoms with Crippen molar-refractivity contribution < 1.29 is 14.7 Å². The second-order valence-corrected chi connectivity index (χ2v) is 4.93. The van der Waals surface area contributed by atoms with Gasteiger partial charge in [0.05, 0.1) is 16.6 Å². The zero-order valence-electron chi connectivity index (χ0n) is 11.1. The van der Waals surface area contributed by atoms with Gasteiger partial charge in [-0.1, -0.05) is 13.8 Å². The molecule has 2 aromatic rings. The molecule has 0 fully saturated rings. The van der Waals surface area contributed by atoms with Crippen molar-refractivity contribution >= 4 is 22.9 Å². The molecule has 7 heteroatoms. The number of rotatable bonds is 4. The fraction of sp³-hybridized carbons (Fsp3) is 0.308. The number of aromatic amines is 1. The normalized spacial score (nSPS) is 12.8. The van der Waals surface area contributed by atoms with E-state index in [9.17, 15) is 14.4 Å². The van der Waals surface area contributed by atoms with Gasteiger partial charge >= 0.3 is 11.7 Å². The third kappa shape index (κ3) is 2.18. The highest BCUT2D eigenvalue weighted by atomic mass is 16.4.